The van der Waals surface area contributed by atoms with Crippen LogP contribution in [0.2, 0.25) is 0 Å². The van der Waals surface area contributed by atoms with Crippen LogP contribution in [0.5, 0.6) is 5.75 Å². The second-order valence-corrected chi connectivity index (χ2v) is 8.66. The van der Waals surface area contributed by atoms with E-state index in [1.807, 2.05) is 37.3 Å². The van der Waals surface area contributed by atoms with E-state index in [0.717, 1.165) is 29.7 Å². The minimum atomic E-state index is -0.292. The van der Waals surface area contributed by atoms with Gasteiger partial charge in [0.15, 0.2) is 0 Å². The van der Waals surface area contributed by atoms with Crippen molar-refractivity contribution in [3.8, 4) is 17.0 Å². The van der Waals surface area contributed by atoms with Gasteiger partial charge in [0, 0.05) is 35.7 Å². The molecule has 1 fully saturated rings. The number of phenolic OH excluding ortho intramolecular Hbond substituents is 1. The Morgan fingerprint density at radius 1 is 1.16 bits per heavy atom. The maximum Gasteiger partial charge on any atom is 0.342 e. The Balaban J connectivity index is 1.55. The second-order valence-electron chi connectivity index (χ2n) is 8.66. The predicted molar refractivity (Wildman–Crippen MR) is 124 cm³/mol. The first-order valence-electron chi connectivity index (χ1n) is 10.9. The van der Waals surface area contributed by atoms with Crippen LogP contribution in [0.3, 0.4) is 0 Å². The van der Waals surface area contributed by atoms with Gasteiger partial charge in [0.2, 0.25) is 5.91 Å². The summed E-state index contributed by atoms with van der Waals surface area (Å²) >= 11 is 0. The van der Waals surface area contributed by atoms with Crippen molar-refractivity contribution in [2.45, 2.75) is 46.1 Å². The van der Waals surface area contributed by atoms with Crippen LogP contribution in [0, 0.1) is 12.8 Å². The Morgan fingerprint density at radius 2 is 1.94 bits per heavy atom. The topological polar surface area (TPSA) is 96.3 Å². The molecule has 0 aliphatic heterocycles. The van der Waals surface area contributed by atoms with E-state index in [1.54, 1.807) is 26.0 Å². The first-order valence-corrected chi connectivity index (χ1v) is 10.9. The number of carbonyl (C=O) groups excluding carboxylic acids is 2. The normalized spacial score (nSPS) is 13.2. The Hall–Kier alpha value is -3.61. The van der Waals surface area contributed by atoms with Gasteiger partial charge in [-0.15, -0.1) is 0 Å². The van der Waals surface area contributed by atoms with Crippen LogP contribution in [0.25, 0.3) is 11.3 Å². The SMILES string of the molecule is Cc1cccc(CNC(=O)n2nc(-c3ccc(NC(=O)C(C)C)cc3O)cc2C2CC2)c1. The monoisotopic (exact) mass is 432 g/mol. The fourth-order valence-electron chi connectivity index (χ4n) is 3.55. The molecule has 1 aromatic heterocycles. The van der Waals surface area contributed by atoms with E-state index >= 15 is 0 Å². The number of benzene rings is 2. The van der Waals surface area contributed by atoms with Crippen molar-refractivity contribution >= 4 is 17.6 Å². The molecular formula is C25H28N4O3. The summed E-state index contributed by atoms with van der Waals surface area (Å²) in [5.74, 6) is 0.0149. The fourth-order valence-corrected chi connectivity index (χ4v) is 3.55. The average molecular weight is 433 g/mol. The smallest absolute Gasteiger partial charge is 0.342 e. The molecule has 0 spiro atoms. The number of hydrogen-bond acceptors (Lipinski definition) is 4. The molecule has 1 aliphatic carbocycles. The van der Waals surface area contributed by atoms with Crippen molar-refractivity contribution < 1.29 is 14.7 Å². The lowest BCUT2D eigenvalue weighted by atomic mass is 10.1. The molecule has 1 saturated carbocycles. The summed E-state index contributed by atoms with van der Waals surface area (Å²) in [7, 11) is 0. The van der Waals surface area contributed by atoms with Gasteiger partial charge in [-0.2, -0.15) is 9.78 Å². The number of nitrogens with one attached hydrogen (secondary N) is 2. The summed E-state index contributed by atoms with van der Waals surface area (Å²) in [6.45, 7) is 6.04. The molecule has 3 N–H and O–H groups in total. The number of rotatable bonds is 6. The number of amides is 2. The summed E-state index contributed by atoms with van der Waals surface area (Å²) < 4.78 is 1.41. The largest absolute Gasteiger partial charge is 0.507 e. The average Bonchev–Trinajstić information content (AvgIpc) is 3.50. The van der Waals surface area contributed by atoms with Gasteiger partial charge in [0.25, 0.3) is 0 Å². The van der Waals surface area contributed by atoms with Crippen molar-refractivity contribution in [1.29, 1.82) is 0 Å². The zero-order valence-electron chi connectivity index (χ0n) is 18.6. The number of aromatic hydroxyl groups is 1. The summed E-state index contributed by atoms with van der Waals surface area (Å²) in [5.41, 5.74) is 4.56. The van der Waals surface area contributed by atoms with Gasteiger partial charge in [-0.05, 0) is 43.5 Å². The van der Waals surface area contributed by atoms with Crippen molar-refractivity contribution in [2.24, 2.45) is 5.92 Å². The highest BCUT2D eigenvalue weighted by Gasteiger charge is 2.30. The molecule has 1 heterocycles. The van der Waals surface area contributed by atoms with Crippen LogP contribution in [0.1, 0.15) is 49.4 Å². The highest BCUT2D eigenvalue weighted by atomic mass is 16.3. The van der Waals surface area contributed by atoms with Crippen LogP contribution in [0.15, 0.2) is 48.5 Å². The highest BCUT2D eigenvalue weighted by molar-refractivity contribution is 5.92. The second kappa shape index (κ2) is 8.86. The first kappa shape index (κ1) is 21.6. The summed E-state index contributed by atoms with van der Waals surface area (Å²) in [5, 5.41) is 20.8. The Labute approximate surface area is 187 Å². The van der Waals surface area contributed by atoms with E-state index in [4.69, 9.17) is 0 Å². The molecular weight excluding hydrogens is 404 g/mol. The molecule has 0 saturated heterocycles. The van der Waals surface area contributed by atoms with Gasteiger partial charge in [-0.25, -0.2) is 4.79 Å². The number of aryl methyl sites for hydroxylation is 1. The standard InChI is InChI=1S/C25H28N4O3/c1-15(2)24(31)27-19-9-10-20(23(30)12-19)21-13-22(18-7-8-18)29(28-21)25(32)26-14-17-6-4-5-16(3)11-17/h4-6,9-13,15,18,30H,7-8,14H2,1-3H3,(H,26,32)(H,27,31). The number of hydrogen-bond donors (Lipinski definition) is 3. The summed E-state index contributed by atoms with van der Waals surface area (Å²) in [6.07, 6.45) is 2.03. The Kier molecular flexibility index (Phi) is 5.99. The lowest BCUT2D eigenvalue weighted by Gasteiger charge is -2.09. The molecule has 7 nitrogen and oxygen atoms in total. The van der Waals surface area contributed by atoms with Crippen LogP contribution in [-0.2, 0) is 11.3 Å². The number of carbonyl (C=O) groups is 2. The molecule has 1 aliphatic rings. The zero-order chi connectivity index (χ0) is 22.8. The minimum absolute atomic E-state index is 0.00118. The van der Waals surface area contributed by atoms with E-state index in [1.165, 1.54) is 10.7 Å². The van der Waals surface area contributed by atoms with Crippen molar-refractivity contribution in [3.05, 3.63) is 65.4 Å². The van der Waals surface area contributed by atoms with E-state index < -0.39 is 0 Å². The van der Waals surface area contributed by atoms with Gasteiger partial charge in [-0.3, -0.25) is 4.79 Å². The van der Waals surface area contributed by atoms with Gasteiger partial charge < -0.3 is 15.7 Å². The molecule has 0 atom stereocenters. The maximum absolute atomic E-state index is 12.9. The van der Waals surface area contributed by atoms with Gasteiger partial charge in [0.1, 0.15) is 5.75 Å². The minimum Gasteiger partial charge on any atom is -0.507 e. The van der Waals surface area contributed by atoms with Crippen LogP contribution in [0.4, 0.5) is 10.5 Å². The van der Waals surface area contributed by atoms with Gasteiger partial charge >= 0.3 is 6.03 Å². The van der Waals surface area contributed by atoms with Crippen molar-refractivity contribution in [1.82, 2.24) is 15.1 Å². The quantitative estimate of drug-likeness (QED) is 0.522. The van der Waals surface area contributed by atoms with Crippen molar-refractivity contribution in [2.75, 3.05) is 5.32 Å². The van der Waals surface area contributed by atoms with Crippen LogP contribution >= 0.6 is 0 Å². The summed E-state index contributed by atoms with van der Waals surface area (Å²) in [4.78, 5) is 24.8. The third kappa shape index (κ3) is 4.82. The van der Waals surface area contributed by atoms with E-state index in [9.17, 15) is 14.7 Å². The van der Waals surface area contributed by atoms with Crippen molar-refractivity contribution in [3.63, 3.8) is 0 Å². The molecule has 0 unspecified atom stereocenters. The Morgan fingerprint density at radius 3 is 2.59 bits per heavy atom. The lowest BCUT2D eigenvalue weighted by molar-refractivity contribution is -0.118. The van der Waals surface area contributed by atoms with E-state index in [0.29, 0.717) is 29.4 Å². The molecule has 4 rings (SSSR count). The number of phenols is 1. The molecule has 0 radical (unpaired) electrons. The summed E-state index contributed by atoms with van der Waals surface area (Å²) in [6, 6.07) is 14.5. The number of nitrogens with zero attached hydrogens (tertiary/aromatic N) is 2. The fraction of sp³-hybridized carbons (Fsp3) is 0.320. The molecule has 2 aromatic carbocycles. The first-order chi connectivity index (χ1) is 15.3. The van der Waals surface area contributed by atoms with E-state index in [-0.39, 0.29) is 23.6 Å². The van der Waals surface area contributed by atoms with E-state index in [2.05, 4.69) is 15.7 Å². The van der Waals surface area contributed by atoms with Gasteiger partial charge in [-0.1, -0.05) is 43.7 Å². The zero-order valence-corrected chi connectivity index (χ0v) is 18.6. The number of aromatic nitrogens is 2. The lowest BCUT2D eigenvalue weighted by Crippen LogP contribution is -2.30. The molecule has 7 heteroatoms. The molecule has 32 heavy (non-hydrogen) atoms. The molecule has 2 amide bonds. The molecule has 0 bridgehead atoms. The van der Waals surface area contributed by atoms with Crippen LogP contribution < -0.4 is 10.6 Å². The molecule has 166 valence electrons. The third-order valence-corrected chi connectivity index (χ3v) is 5.52. The predicted octanol–water partition coefficient (Wildman–Crippen LogP) is 4.79. The maximum atomic E-state index is 12.9. The third-order valence-electron chi connectivity index (χ3n) is 5.52. The molecule has 3 aromatic rings. The van der Waals surface area contributed by atoms with Gasteiger partial charge in [0.05, 0.1) is 11.4 Å². The van der Waals surface area contributed by atoms with Crippen LogP contribution in [-0.4, -0.2) is 26.8 Å². The Bertz CT molecular complexity index is 1160. The highest BCUT2D eigenvalue weighted by Crippen LogP contribution is 2.42. The number of anilines is 1.